The molecule has 6 nitrogen and oxygen atoms in total. The number of halogens is 4. The molecule has 4 rings (SSSR count). The summed E-state index contributed by atoms with van der Waals surface area (Å²) in [6, 6.07) is 11.5. The van der Waals surface area contributed by atoms with Gasteiger partial charge in [-0.15, -0.1) is 0 Å². The lowest BCUT2D eigenvalue weighted by atomic mass is 10.1. The van der Waals surface area contributed by atoms with Crippen LogP contribution in [-0.4, -0.2) is 21.5 Å². The van der Waals surface area contributed by atoms with E-state index in [9.17, 15) is 22.4 Å². The quantitative estimate of drug-likeness (QED) is 0.272. The summed E-state index contributed by atoms with van der Waals surface area (Å²) in [5.74, 6) is -1.73. The molecule has 172 valence electrons. The maximum atomic E-state index is 14.9. The Morgan fingerprint density at radius 2 is 1.91 bits per heavy atom. The summed E-state index contributed by atoms with van der Waals surface area (Å²) >= 11 is 0. The Bertz CT molecular complexity index is 1440. The Hall–Kier alpha value is -4.47. The molecule has 2 heterocycles. The topological polar surface area (TPSA) is 96.3 Å². The summed E-state index contributed by atoms with van der Waals surface area (Å²) in [7, 11) is 0. The summed E-state index contributed by atoms with van der Waals surface area (Å²) in [5, 5.41) is 9.75. The maximum absolute atomic E-state index is 14.9. The van der Waals surface area contributed by atoms with Gasteiger partial charge in [0.25, 0.3) is 5.91 Å². The highest BCUT2D eigenvalue weighted by Crippen LogP contribution is 2.31. The number of hydrogen-bond donors (Lipinski definition) is 3. The van der Waals surface area contributed by atoms with Crippen molar-refractivity contribution in [2.75, 3.05) is 5.32 Å². The van der Waals surface area contributed by atoms with Crippen LogP contribution in [0.5, 0.6) is 0 Å². The number of carbonyl (C=O) groups is 1. The Morgan fingerprint density at radius 3 is 2.59 bits per heavy atom. The molecule has 0 unspecified atom stereocenters. The van der Waals surface area contributed by atoms with Crippen LogP contribution in [0.4, 0.5) is 23.2 Å². The zero-order valence-electron chi connectivity index (χ0n) is 17.4. The molecule has 0 atom stereocenters. The number of pyridine rings is 1. The SMILES string of the molecule is N=CC(=CN)c1ccc2ncc(-c3ccc(C(=O)Nc4cccc(C(F)(F)F)c4)c(F)c3)n2c1. The Labute approximate surface area is 190 Å². The van der Waals surface area contributed by atoms with Crippen LogP contribution in [0.3, 0.4) is 0 Å². The van der Waals surface area contributed by atoms with Crippen molar-refractivity contribution in [3.8, 4) is 11.3 Å². The van der Waals surface area contributed by atoms with E-state index in [0.29, 0.717) is 28.0 Å². The Kier molecular flexibility index (Phi) is 5.89. The second kappa shape index (κ2) is 8.81. The van der Waals surface area contributed by atoms with E-state index in [0.717, 1.165) is 30.5 Å². The number of rotatable bonds is 5. The first-order valence-corrected chi connectivity index (χ1v) is 9.89. The third-order valence-corrected chi connectivity index (χ3v) is 5.13. The predicted octanol–water partition coefficient (Wildman–Crippen LogP) is 5.36. The number of benzene rings is 2. The lowest BCUT2D eigenvalue weighted by Gasteiger charge is -2.11. The molecule has 0 aliphatic rings. The van der Waals surface area contributed by atoms with Gasteiger partial charge in [0.05, 0.1) is 23.0 Å². The van der Waals surface area contributed by atoms with Gasteiger partial charge in [0.2, 0.25) is 0 Å². The van der Waals surface area contributed by atoms with Crippen molar-refractivity contribution in [3.63, 3.8) is 0 Å². The van der Waals surface area contributed by atoms with E-state index in [4.69, 9.17) is 11.1 Å². The molecule has 0 saturated heterocycles. The van der Waals surface area contributed by atoms with E-state index in [1.807, 2.05) is 0 Å². The minimum absolute atomic E-state index is 0.104. The second-order valence-corrected chi connectivity index (χ2v) is 7.28. The zero-order chi connectivity index (χ0) is 24.5. The van der Waals surface area contributed by atoms with E-state index in [2.05, 4.69) is 10.3 Å². The van der Waals surface area contributed by atoms with Gasteiger partial charge in [0.15, 0.2) is 0 Å². The number of allylic oxidation sites excluding steroid dienone is 1. The third kappa shape index (κ3) is 4.38. The monoisotopic (exact) mass is 467 g/mol. The van der Waals surface area contributed by atoms with Gasteiger partial charge in [0.1, 0.15) is 11.5 Å². The average molecular weight is 467 g/mol. The average Bonchev–Trinajstić information content (AvgIpc) is 3.23. The van der Waals surface area contributed by atoms with Gasteiger partial charge in [-0.1, -0.05) is 12.1 Å². The smallest absolute Gasteiger partial charge is 0.404 e. The van der Waals surface area contributed by atoms with Crippen molar-refractivity contribution in [2.24, 2.45) is 5.73 Å². The van der Waals surface area contributed by atoms with Crippen LogP contribution in [0.1, 0.15) is 21.5 Å². The number of nitrogens with two attached hydrogens (primary N) is 1. The van der Waals surface area contributed by atoms with E-state index in [1.165, 1.54) is 30.6 Å². The molecule has 2 aromatic carbocycles. The van der Waals surface area contributed by atoms with Crippen LogP contribution in [0.25, 0.3) is 22.5 Å². The van der Waals surface area contributed by atoms with Gasteiger partial charge >= 0.3 is 6.18 Å². The number of nitrogens with one attached hydrogen (secondary N) is 2. The van der Waals surface area contributed by atoms with Crippen molar-refractivity contribution in [1.82, 2.24) is 9.38 Å². The summed E-state index contributed by atoms with van der Waals surface area (Å²) in [4.78, 5) is 16.8. The molecule has 34 heavy (non-hydrogen) atoms. The molecule has 0 saturated carbocycles. The highest BCUT2D eigenvalue weighted by Gasteiger charge is 2.30. The molecule has 0 aliphatic heterocycles. The van der Waals surface area contributed by atoms with Gasteiger partial charge in [-0.05, 0) is 42.5 Å². The van der Waals surface area contributed by atoms with Crippen molar-refractivity contribution in [3.05, 3.63) is 95.7 Å². The maximum Gasteiger partial charge on any atom is 0.416 e. The predicted molar refractivity (Wildman–Crippen MR) is 121 cm³/mol. The largest absolute Gasteiger partial charge is 0.416 e. The van der Waals surface area contributed by atoms with E-state index in [1.54, 1.807) is 22.7 Å². The van der Waals surface area contributed by atoms with Crippen LogP contribution in [0.2, 0.25) is 0 Å². The van der Waals surface area contributed by atoms with Crippen LogP contribution in [-0.2, 0) is 6.18 Å². The summed E-state index contributed by atoms with van der Waals surface area (Å²) in [6.07, 6.45) is 1.07. The molecule has 2 aromatic heterocycles. The van der Waals surface area contributed by atoms with Crippen LogP contribution in [0, 0.1) is 11.2 Å². The molecule has 4 aromatic rings. The van der Waals surface area contributed by atoms with Crippen molar-refractivity contribution >= 4 is 29.0 Å². The number of fused-ring (bicyclic) bond motifs is 1. The van der Waals surface area contributed by atoms with Crippen LogP contribution < -0.4 is 11.1 Å². The van der Waals surface area contributed by atoms with Gasteiger partial charge in [0, 0.05) is 41.0 Å². The number of imidazole rings is 1. The number of alkyl halides is 3. The van der Waals surface area contributed by atoms with E-state index >= 15 is 0 Å². The molecular formula is C24H17F4N5O. The molecular weight excluding hydrogens is 450 g/mol. The molecule has 0 bridgehead atoms. The zero-order valence-corrected chi connectivity index (χ0v) is 17.4. The molecule has 0 radical (unpaired) electrons. The van der Waals surface area contributed by atoms with Crippen molar-refractivity contribution in [2.45, 2.75) is 6.18 Å². The van der Waals surface area contributed by atoms with Crippen molar-refractivity contribution in [1.29, 1.82) is 5.41 Å². The van der Waals surface area contributed by atoms with Gasteiger partial charge in [-0.2, -0.15) is 13.2 Å². The fourth-order valence-electron chi connectivity index (χ4n) is 3.42. The third-order valence-electron chi connectivity index (χ3n) is 5.13. The van der Waals surface area contributed by atoms with Gasteiger partial charge in [-0.25, -0.2) is 9.37 Å². The van der Waals surface area contributed by atoms with Gasteiger partial charge in [-0.3, -0.25) is 9.20 Å². The normalized spacial score (nSPS) is 12.1. The number of aromatic nitrogens is 2. The fraction of sp³-hybridized carbons (Fsp3) is 0.0417. The second-order valence-electron chi connectivity index (χ2n) is 7.28. The number of nitrogens with zero attached hydrogens (tertiary/aromatic N) is 2. The van der Waals surface area contributed by atoms with Crippen LogP contribution in [0.15, 0.2) is 73.2 Å². The molecule has 0 spiro atoms. The lowest BCUT2D eigenvalue weighted by Crippen LogP contribution is -2.14. The molecule has 0 fully saturated rings. The number of hydrogen-bond acceptors (Lipinski definition) is 4. The fourth-order valence-corrected chi connectivity index (χ4v) is 3.42. The summed E-state index contributed by atoms with van der Waals surface area (Å²) in [6.45, 7) is 0. The first-order chi connectivity index (χ1) is 16.2. The Morgan fingerprint density at radius 1 is 1.12 bits per heavy atom. The summed E-state index contributed by atoms with van der Waals surface area (Å²) < 4.78 is 55.2. The number of anilines is 1. The summed E-state index contributed by atoms with van der Waals surface area (Å²) in [5.41, 5.74) is 6.86. The van der Waals surface area contributed by atoms with Crippen molar-refractivity contribution < 1.29 is 22.4 Å². The minimum Gasteiger partial charge on any atom is -0.404 e. The first-order valence-electron chi connectivity index (χ1n) is 9.89. The van der Waals surface area contributed by atoms with E-state index < -0.39 is 23.5 Å². The molecule has 10 heteroatoms. The lowest BCUT2D eigenvalue weighted by molar-refractivity contribution is -0.137. The Balaban J connectivity index is 1.64. The van der Waals surface area contributed by atoms with E-state index in [-0.39, 0.29) is 11.3 Å². The first kappa shape index (κ1) is 22.7. The highest BCUT2D eigenvalue weighted by atomic mass is 19.4. The standard InChI is InChI=1S/C24H17F4N5O/c25-20-8-14(21-12-31-22-7-5-15(13-33(21)22)16(10-29)11-30)4-6-19(20)23(34)32-18-3-1-2-17(9-18)24(26,27)28/h1-13,29H,30H2,(H,32,34). The molecule has 4 N–H and O–H groups in total. The van der Waals surface area contributed by atoms with Gasteiger partial charge < -0.3 is 16.5 Å². The van der Waals surface area contributed by atoms with Crippen LogP contribution >= 0.6 is 0 Å². The molecule has 0 aliphatic carbocycles. The highest BCUT2D eigenvalue weighted by molar-refractivity contribution is 6.08. The number of amides is 1. The number of carbonyl (C=O) groups excluding carboxylic acids is 1. The minimum atomic E-state index is -4.57. The molecule has 1 amide bonds.